The van der Waals surface area contributed by atoms with Crippen LogP contribution in [0.25, 0.3) is 0 Å². The molecule has 1 aliphatic rings. The maximum atomic E-state index is 11.1. The number of H-pyrrole nitrogens is 1. The Hall–Kier alpha value is -1.16. The topological polar surface area (TPSA) is 57.8 Å². The number of nitrogens with zero attached hydrogens (tertiary/aromatic N) is 1. The van der Waals surface area contributed by atoms with Gasteiger partial charge in [-0.1, -0.05) is 0 Å². The summed E-state index contributed by atoms with van der Waals surface area (Å²) in [5.74, 6) is 0. The lowest BCUT2D eigenvalue weighted by molar-refractivity contribution is 0.763. The number of aromatic nitrogens is 2. The number of aryl methyl sites for hydroxylation is 1. The van der Waals surface area contributed by atoms with E-state index in [1.807, 2.05) is 7.05 Å². The molecule has 0 bridgehead atoms. The largest absolute Gasteiger partial charge is 0.345 e. The molecule has 13 heavy (non-hydrogen) atoms. The third kappa shape index (κ3) is 1.49. The van der Waals surface area contributed by atoms with Gasteiger partial charge < -0.3 is 10.3 Å². The van der Waals surface area contributed by atoms with Crippen LogP contribution in [0.2, 0.25) is 0 Å². The third-order valence-corrected chi connectivity index (χ3v) is 2.40. The van der Waals surface area contributed by atoms with Crippen LogP contribution in [0.1, 0.15) is 23.4 Å². The van der Waals surface area contributed by atoms with Gasteiger partial charge in [0.15, 0.2) is 0 Å². The van der Waals surface area contributed by atoms with Crippen LogP contribution in [0, 0.1) is 0 Å². The number of nitrogens with one attached hydrogen (secondary N) is 2. The molecule has 2 N–H and O–H groups in total. The Kier molecular flexibility index (Phi) is 2.14. The fraction of sp³-hybridized carbons (Fsp3) is 0.556. The SMILES string of the molecule is CNCc1nc(=O)[nH]c2c1CCC2. The van der Waals surface area contributed by atoms with Crippen molar-refractivity contribution in [2.75, 3.05) is 7.05 Å². The van der Waals surface area contributed by atoms with Gasteiger partial charge in [-0.05, 0) is 31.9 Å². The first-order chi connectivity index (χ1) is 6.31. The van der Waals surface area contributed by atoms with Gasteiger partial charge in [0.05, 0.1) is 5.69 Å². The number of hydrogen-bond donors (Lipinski definition) is 2. The summed E-state index contributed by atoms with van der Waals surface area (Å²) >= 11 is 0. The van der Waals surface area contributed by atoms with Crippen LogP contribution in [-0.2, 0) is 19.4 Å². The summed E-state index contributed by atoms with van der Waals surface area (Å²) in [6, 6.07) is 0. The summed E-state index contributed by atoms with van der Waals surface area (Å²) in [4.78, 5) is 17.9. The molecular weight excluding hydrogens is 166 g/mol. The average molecular weight is 179 g/mol. The summed E-state index contributed by atoms with van der Waals surface area (Å²) in [5.41, 5.74) is 3.03. The normalized spacial score (nSPS) is 14.5. The van der Waals surface area contributed by atoms with Crippen LogP contribution in [0.4, 0.5) is 0 Å². The number of hydrogen-bond acceptors (Lipinski definition) is 3. The molecule has 0 aromatic carbocycles. The summed E-state index contributed by atoms with van der Waals surface area (Å²) in [6.45, 7) is 0.687. The van der Waals surface area contributed by atoms with Gasteiger partial charge in [-0.3, -0.25) is 0 Å². The Labute approximate surface area is 76.4 Å². The molecule has 2 rings (SSSR count). The van der Waals surface area contributed by atoms with Crippen molar-refractivity contribution >= 4 is 0 Å². The molecular formula is C9H13N3O. The second-order valence-electron chi connectivity index (χ2n) is 3.33. The molecule has 70 valence electrons. The molecule has 0 amide bonds. The highest BCUT2D eigenvalue weighted by atomic mass is 16.1. The van der Waals surface area contributed by atoms with Gasteiger partial charge in [0, 0.05) is 12.2 Å². The zero-order valence-corrected chi connectivity index (χ0v) is 7.68. The van der Waals surface area contributed by atoms with E-state index >= 15 is 0 Å². The highest BCUT2D eigenvalue weighted by Crippen LogP contribution is 2.20. The summed E-state index contributed by atoms with van der Waals surface area (Å²) < 4.78 is 0. The van der Waals surface area contributed by atoms with Crippen molar-refractivity contribution in [1.82, 2.24) is 15.3 Å². The maximum Gasteiger partial charge on any atom is 0.345 e. The first-order valence-electron chi connectivity index (χ1n) is 4.57. The molecule has 0 unspecified atom stereocenters. The van der Waals surface area contributed by atoms with Crippen LogP contribution in [-0.4, -0.2) is 17.0 Å². The lowest BCUT2D eigenvalue weighted by Crippen LogP contribution is -2.20. The monoisotopic (exact) mass is 179 g/mol. The molecule has 0 saturated heterocycles. The van der Waals surface area contributed by atoms with Crippen LogP contribution < -0.4 is 11.0 Å². The first-order valence-corrected chi connectivity index (χ1v) is 4.57. The van der Waals surface area contributed by atoms with Gasteiger partial charge >= 0.3 is 5.69 Å². The fourth-order valence-corrected chi connectivity index (χ4v) is 1.86. The van der Waals surface area contributed by atoms with Crippen LogP contribution in [0.3, 0.4) is 0 Å². The lowest BCUT2D eigenvalue weighted by atomic mass is 10.2. The molecule has 4 nitrogen and oxygen atoms in total. The van der Waals surface area contributed by atoms with E-state index < -0.39 is 0 Å². The van der Waals surface area contributed by atoms with Crippen LogP contribution >= 0.6 is 0 Å². The minimum Gasteiger partial charge on any atom is -0.314 e. The lowest BCUT2D eigenvalue weighted by Gasteiger charge is -2.04. The molecule has 1 heterocycles. The Morgan fingerprint density at radius 1 is 1.54 bits per heavy atom. The Balaban J connectivity index is 2.49. The van der Waals surface area contributed by atoms with E-state index in [0.717, 1.165) is 30.7 Å². The van der Waals surface area contributed by atoms with Gasteiger partial charge in [0.1, 0.15) is 0 Å². The second-order valence-corrected chi connectivity index (χ2v) is 3.33. The second kappa shape index (κ2) is 3.30. The van der Waals surface area contributed by atoms with E-state index in [9.17, 15) is 4.79 Å². The summed E-state index contributed by atoms with van der Waals surface area (Å²) in [5, 5.41) is 3.03. The number of rotatable bonds is 2. The zero-order valence-electron chi connectivity index (χ0n) is 7.68. The molecule has 1 aliphatic carbocycles. The molecule has 0 radical (unpaired) electrons. The minimum atomic E-state index is -0.217. The minimum absolute atomic E-state index is 0.217. The van der Waals surface area contributed by atoms with Gasteiger partial charge in [0.2, 0.25) is 0 Å². The van der Waals surface area contributed by atoms with Crippen molar-refractivity contribution in [3.63, 3.8) is 0 Å². The van der Waals surface area contributed by atoms with Crippen LogP contribution in [0.15, 0.2) is 4.79 Å². The molecule has 0 spiro atoms. The maximum absolute atomic E-state index is 11.1. The number of fused-ring (bicyclic) bond motifs is 1. The quantitative estimate of drug-likeness (QED) is 0.670. The van der Waals surface area contributed by atoms with Crippen molar-refractivity contribution in [3.05, 3.63) is 27.4 Å². The molecule has 1 aromatic heterocycles. The smallest absolute Gasteiger partial charge is 0.314 e. The van der Waals surface area contributed by atoms with Crippen molar-refractivity contribution < 1.29 is 0 Å². The number of aromatic amines is 1. The molecule has 4 heteroatoms. The van der Waals surface area contributed by atoms with Crippen molar-refractivity contribution in [2.45, 2.75) is 25.8 Å². The predicted octanol–water partition coefficient (Wildman–Crippen LogP) is -0.0220. The molecule has 0 fully saturated rings. The van der Waals surface area contributed by atoms with Crippen molar-refractivity contribution in [1.29, 1.82) is 0 Å². The Bertz CT molecular complexity index is 370. The van der Waals surface area contributed by atoms with Gasteiger partial charge in [0.25, 0.3) is 0 Å². The third-order valence-electron chi connectivity index (χ3n) is 2.40. The van der Waals surface area contributed by atoms with E-state index in [0.29, 0.717) is 6.54 Å². The highest BCUT2D eigenvalue weighted by Gasteiger charge is 2.16. The van der Waals surface area contributed by atoms with Crippen LogP contribution in [0.5, 0.6) is 0 Å². The fourth-order valence-electron chi connectivity index (χ4n) is 1.86. The zero-order chi connectivity index (χ0) is 9.26. The predicted molar refractivity (Wildman–Crippen MR) is 49.6 cm³/mol. The molecule has 0 saturated carbocycles. The van der Waals surface area contributed by atoms with E-state index in [2.05, 4.69) is 15.3 Å². The molecule has 0 atom stereocenters. The van der Waals surface area contributed by atoms with E-state index in [4.69, 9.17) is 0 Å². The van der Waals surface area contributed by atoms with Crippen molar-refractivity contribution in [3.8, 4) is 0 Å². The summed E-state index contributed by atoms with van der Waals surface area (Å²) in [7, 11) is 1.87. The molecule has 0 aliphatic heterocycles. The van der Waals surface area contributed by atoms with Gasteiger partial charge in [-0.15, -0.1) is 0 Å². The first kappa shape index (κ1) is 8.44. The summed E-state index contributed by atoms with van der Waals surface area (Å²) in [6.07, 6.45) is 3.17. The van der Waals surface area contributed by atoms with E-state index in [1.54, 1.807) is 0 Å². The highest BCUT2D eigenvalue weighted by molar-refractivity contribution is 5.28. The Morgan fingerprint density at radius 2 is 2.38 bits per heavy atom. The van der Waals surface area contributed by atoms with E-state index in [-0.39, 0.29) is 5.69 Å². The standard InChI is InChI=1S/C9H13N3O/c1-10-5-8-6-3-2-4-7(6)11-9(13)12-8/h10H,2-5H2,1H3,(H,11,12,13). The van der Waals surface area contributed by atoms with Gasteiger partial charge in [-0.25, -0.2) is 4.79 Å². The van der Waals surface area contributed by atoms with Crippen molar-refractivity contribution in [2.24, 2.45) is 0 Å². The Morgan fingerprint density at radius 3 is 3.15 bits per heavy atom. The van der Waals surface area contributed by atoms with E-state index in [1.165, 1.54) is 5.56 Å². The van der Waals surface area contributed by atoms with Gasteiger partial charge in [-0.2, -0.15) is 4.98 Å². The molecule has 1 aromatic rings. The average Bonchev–Trinajstić information content (AvgIpc) is 2.52.